The number of halogens is 2. The second-order valence-electron chi connectivity index (χ2n) is 6.53. The number of benzene rings is 2. The summed E-state index contributed by atoms with van der Waals surface area (Å²) < 4.78 is 37.6. The van der Waals surface area contributed by atoms with Crippen molar-refractivity contribution in [3.8, 4) is 16.9 Å². The monoisotopic (exact) mass is 459 g/mol. The van der Waals surface area contributed by atoms with Crippen LogP contribution in [0.15, 0.2) is 52.3 Å². The van der Waals surface area contributed by atoms with Gasteiger partial charge in [-0.1, -0.05) is 18.2 Å². The maximum absolute atomic E-state index is 14.3. The van der Waals surface area contributed by atoms with E-state index in [9.17, 15) is 23.5 Å². The lowest BCUT2D eigenvalue weighted by molar-refractivity contribution is 0.0697. The number of fused-ring (bicyclic) bond motifs is 1. The Hall–Kier alpha value is -3.56. The molecule has 0 unspecified atom stereocenters. The highest BCUT2D eigenvalue weighted by molar-refractivity contribution is 7.10. The third-order valence-corrected chi connectivity index (χ3v) is 5.51. The Morgan fingerprint density at radius 1 is 1.22 bits per heavy atom. The number of methoxy groups -OCH3 is 1. The molecule has 0 fully saturated rings. The van der Waals surface area contributed by atoms with Crippen LogP contribution in [-0.2, 0) is 6.54 Å². The predicted octanol–water partition coefficient (Wildman–Crippen LogP) is 5.36. The topological polar surface area (TPSA) is 88.8 Å². The van der Waals surface area contributed by atoms with Crippen molar-refractivity contribution in [2.45, 2.75) is 6.54 Å². The minimum absolute atomic E-state index is 0.00394. The summed E-state index contributed by atoms with van der Waals surface area (Å²) in [5.41, 5.74) is 0.995. The van der Waals surface area contributed by atoms with Crippen molar-refractivity contribution in [2.24, 2.45) is 0 Å². The lowest BCUT2D eigenvalue weighted by Crippen LogP contribution is -2.09. The average Bonchev–Trinajstić information content (AvgIpc) is 3.39. The molecule has 0 saturated heterocycles. The van der Waals surface area contributed by atoms with Gasteiger partial charge in [-0.25, -0.2) is 13.6 Å². The lowest BCUT2D eigenvalue weighted by atomic mass is 10.0. The summed E-state index contributed by atoms with van der Waals surface area (Å²) in [7, 11) is 2.84. The largest absolute Gasteiger partial charge is 0.491 e. The molecule has 6 nitrogen and oxygen atoms in total. The number of carbonyl (C=O) groups is 2. The van der Waals surface area contributed by atoms with E-state index < -0.39 is 23.4 Å². The van der Waals surface area contributed by atoms with Gasteiger partial charge < -0.3 is 19.6 Å². The highest BCUT2D eigenvalue weighted by Crippen LogP contribution is 2.37. The van der Waals surface area contributed by atoms with Crippen LogP contribution in [0.1, 0.15) is 25.8 Å². The molecule has 32 heavy (non-hydrogen) atoms. The van der Waals surface area contributed by atoms with Crippen molar-refractivity contribution in [2.75, 3.05) is 14.2 Å². The van der Waals surface area contributed by atoms with Crippen LogP contribution in [0.4, 0.5) is 8.78 Å². The number of nitrogens with one attached hydrogen (secondary N) is 1. The number of furan rings is 1. The van der Waals surface area contributed by atoms with Gasteiger partial charge in [0.05, 0.1) is 12.7 Å². The van der Waals surface area contributed by atoms with Crippen LogP contribution < -0.4 is 10.1 Å². The van der Waals surface area contributed by atoms with Crippen molar-refractivity contribution < 1.29 is 32.6 Å². The first kappa shape index (κ1) is 23.1. The molecule has 4 aromatic rings. The van der Waals surface area contributed by atoms with Gasteiger partial charge in [-0.2, -0.15) is 0 Å². The number of para-hydroxylation sites is 1. The van der Waals surface area contributed by atoms with Gasteiger partial charge in [0.15, 0.2) is 29.4 Å². The molecule has 4 rings (SSSR count). The molecule has 0 spiro atoms. The van der Waals surface area contributed by atoms with Crippen LogP contribution in [0.2, 0.25) is 0 Å². The first-order chi connectivity index (χ1) is 15.4. The molecule has 0 bridgehead atoms. The highest BCUT2D eigenvalue weighted by atomic mass is 32.1. The van der Waals surface area contributed by atoms with Crippen molar-refractivity contribution in [1.29, 1.82) is 0 Å². The maximum Gasteiger partial charge on any atom is 0.337 e. The number of thiophene rings is 1. The van der Waals surface area contributed by atoms with Crippen LogP contribution in [-0.4, -0.2) is 31.5 Å². The fourth-order valence-electron chi connectivity index (χ4n) is 3.11. The van der Waals surface area contributed by atoms with Crippen LogP contribution in [0.25, 0.3) is 22.1 Å². The first-order valence-corrected chi connectivity index (χ1v) is 10.2. The number of carboxylic acid groups (broad SMARTS) is 1. The number of carbonyl (C=O) groups excluding carboxylic acids is 1. The Kier molecular flexibility index (Phi) is 7.34. The van der Waals surface area contributed by atoms with Crippen molar-refractivity contribution in [3.63, 3.8) is 0 Å². The van der Waals surface area contributed by atoms with Gasteiger partial charge in [0.1, 0.15) is 5.58 Å². The van der Waals surface area contributed by atoms with Crippen LogP contribution in [0.3, 0.4) is 0 Å². The summed E-state index contributed by atoms with van der Waals surface area (Å²) >= 11 is 1.21. The number of ether oxygens (including phenoxy) is 1. The van der Waals surface area contributed by atoms with Gasteiger partial charge in [-0.15, -0.1) is 11.3 Å². The van der Waals surface area contributed by atoms with Gasteiger partial charge in [0.2, 0.25) is 0 Å². The second kappa shape index (κ2) is 10.2. The minimum atomic E-state index is -1.15. The average molecular weight is 459 g/mol. The Morgan fingerprint density at radius 2 is 1.97 bits per heavy atom. The van der Waals surface area contributed by atoms with Crippen molar-refractivity contribution >= 4 is 34.6 Å². The molecule has 0 atom stereocenters. The molecule has 2 N–H and O–H groups in total. The second-order valence-corrected chi connectivity index (χ2v) is 7.49. The predicted molar refractivity (Wildman–Crippen MR) is 118 cm³/mol. The van der Waals surface area contributed by atoms with E-state index in [1.807, 2.05) is 24.3 Å². The number of carboxylic acids is 1. The number of hydrogen-bond donors (Lipinski definition) is 2. The molecule has 9 heteroatoms. The third-order valence-electron chi connectivity index (χ3n) is 4.52. The normalized spacial score (nSPS) is 10.5. The zero-order valence-electron chi connectivity index (χ0n) is 17.1. The van der Waals surface area contributed by atoms with E-state index in [4.69, 9.17) is 4.42 Å². The van der Waals surface area contributed by atoms with Gasteiger partial charge in [-0.3, -0.25) is 4.79 Å². The van der Waals surface area contributed by atoms with Crippen molar-refractivity contribution in [3.05, 3.63) is 75.7 Å². The molecule has 0 radical (unpaired) electrons. The van der Waals surface area contributed by atoms with E-state index in [1.165, 1.54) is 17.4 Å². The fraction of sp³-hybridized carbons (Fsp3) is 0.130. The summed E-state index contributed by atoms with van der Waals surface area (Å²) in [6.45, 7) is 0.353. The Morgan fingerprint density at radius 3 is 2.59 bits per heavy atom. The Balaban J connectivity index is 0.000000219. The van der Waals surface area contributed by atoms with Gasteiger partial charge in [0, 0.05) is 27.9 Å². The molecular weight excluding hydrogens is 440 g/mol. The van der Waals surface area contributed by atoms with E-state index in [0.717, 1.165) is 24.1 Å². The van der Waals surface area contributed by atoms with Gasteiger partial charge in [-0.05, 0) is 36.7 Å². The van der Waals surface area contributed by atoms with E-state index in [0.29, 0.717) is 23.5 Å². The molecule has 0 aliphatic carbocycles. The van der Waals surface area contributed by atoms with E-state index in [1.54, 1.807) is 18.5 Å². The Labute approximate surface area is 186 Å². The number of hydrogen-bond acceptors (Lipinski definition) is 6. The molecule has 0 aliphatic rings. The van der Waals surface area contributed by atoms with Crippen molar-refractivity contribution in [1.82, 2.24) is 5.32 Å². The maximum atomic E-state index is 14.3. The van der Waals surface area contributed by atoms with E-state index in [2.05, 4.69) is 10.1 Å². The third kappa shape index (κ3) is 4.68. The Bertz CT molecular complexity index is 1230. The molecular formula is C23H19F2NO5S. The van der Waals surface area contributed by atoms with Crippen LogP contribution in [0.5, 0.6) is 5.75 Å². The lowest BCUT2D eigenvalue weighted by Gasteiger charge is -2.09. The molecule has 0 amide bonds. The smallest absolute Gasteiger partial charge is 0.337 e. The van der Waals surface area contributed by atoms with Crippen LogP contribution >= 0.6 is 11.3 Å². The summed E-state index contributed by atoms with van der Waals surface area (Å²) in [6.07, 6.45) is 0.708. The molecule has 2 heterocycles. The molecule has 0 aliphatic heterocycles. The quantitative estimate of drug-likeness (QED) is 0.377. The van der Waals surface area contributed by atoms with Crippen LogP contribution in [0, 0.1) is 11.6 Å². The van der Waals surface area contributed by atoms with E-state index in [-0.39, 0.29) is 16.7 Å². The van der Waals surface area contributed by atoms with E-state index >= 15 is 0 Å². The number of rotatable bonds is 6. The summed E-state index contributed by atoms with van der Waals surface area (Å²) in [4.78, 5) is 22.3. The molecule has 2 aromatic carbocycles. The first-order valence-electron chi connectivity index (χ1n) is 9.35. The summed E-state index contributed by atoms with van der Waals surface area (Å²) in [6, 6.07) is 11.5. The molecule has 2 aromatic heterocycles. The van der Waals surface area contributed by atoms with Gasteiger partial charge >= 0.3 is 5.97 Å². The standard InChI is InChI=1S/C14H13F2NO3S.C9H6O2/c1-17-5-10-11(14(18)19)8(6-21-10)7-3-4-9(15)13(20-2)12(7)16;10-6-8-5-7-3-1-2-4-9(7)11-8/h3-4,6,17H,5H2,1-2H3,(H,18,19);1-6H. The SMILES string of the molecule is CNCc1scc(-c2ccc(F)c(OC)c2F)c1C(=O)O.O=Cc1cc2ccccc2o1. The summed E-state index contributed by atoms with van der Waals surface area (Å²) in [5.74, 6) is -3.04. The number of aromatic carboxylic acids is 1. The van der Waals surface area contributed by atoms with Gasteiger partial charge in [0.25, 0.3) is 0 Å². The fourth-order valence-corrected chi connectivity index (χ4v) is 4.16. The summed E-state index contributed by atoms with van der Waals surface area (Å²) in [5, 5.41) is 14.7. The zero-order valence-corrected chi connectivity index (χ0v) is 18.0. The molecule has 166 valence electrons. The number of aldehydes is 1. The minimum Gasteiger partial charge on any atom is -0.491 e. The zero-order chi connectivity index (χ0) is 23.3. The highest BCUT2D eigenvalue weighted by Gasteiger charge is 2.23. The molecule has 0 saturated carbocycles.